The second kappa shape index (κ2) is 5.96. The Morgan fingerprint density at radius 2 is 1.95 bits per heavy atom. The number of carbonyl (C=O) groups is 1. The molecule has 1 aromatic heterocycles. The smallest absolute Gasteiger partial charge is 0.240 e. The third-order valence-electron chi connectivity index (χ3n) is 3.66. The van der Waals surface area contributed by atoms with Crippen LogP contribution in [0, 0.1) is 0 Å². The summed E-state index contributed by atoms with van der Waals surface area (Å²) >= 11 is 1.57. The maximum absolute atomic E-state index is 12.3. The van der Waals surface area contributed by atoms with Gasteiger partial charge < -0.3 is 5.32 Å². The standard InChI is InChI=1S/C13H22N4OS/c1-4-10-15-16-11(19-10)9-14-12(18)13(2,3)17-7-5-6-8-17/h4-9H2,1-3H3,(H,14,18). The number of nitrogens with one attached hydrogen (secondary N) is 1. The van der Waals surface area contributed by atoms with Crippen LogP contribution in [-0.2, 0) is 17.8 Å². The molecule has 1 fully saturated rings. The number of nitrogens with zero attached hydrogens (tertiary/aromatic N) is 3. The van der Waals surface area contributed by atoms with Crippen LogP contribution in [0.1, 0.15) is 43.6 Å². The maximum Gasteiger partial charge on any atom is 0.240 e. The van der Waals surface area contributed by atoms with Gasteiger partial charge in [0.15, 0.2) is 0 Å². The number of carbonyl (C=O) groups excluding carboxylic acids is 1. The van der Waals surface area contributed by atoms with Crippen LogP contribution < -0.4 is 5.32 Å². The Labute approximate surface area is 118 Å². The van der Waals surface area contributed by atoms with Gasteiger partial charge in [0.25, 0.3) is 0 Å². The minimum absolute atomic E-state index is 0.0719. The van der Waals surface area contributed by atoms with E-state index in [9.17, 15) is 4.79 Å². The van der Waals surface area contributed by atoms with Crippen LogP contribution in [-0.4, -0.2) is 39.6 Å². The summed E-state index contributed by atoms with van der Waals surface area (Å²) in [5, 5.41) is 13.0. The van der Waals surface area contributed by atoms with Crippen LogP contribution in [0.15, 0.2) is 0 Å². The molecule has 0 atom stereocenters. The Morgan fingerprint density at radius 3 is 2.53 bits per heavy atom. The lowest BCUT2D eigenvalue weighted by atomic mass is 10.0. The van der Waals surface area contributed by atoms with Crippen molar-refractivity contribution in [2.75, 3.05) is 13.1 Å². The van der Waals surface area contributed by atoms with Crippen molar-refractivity contribution in [1.29, 1.82) is 0 Å². The molecule has 106 valence electrons. The zero-order valence-corrected chi connectivity index (χ0v) is 12.7. The first-order valence-electron chi connectivity index (χ1n) is 6.88. The Bertz CT molecular complexity index is 438. The van der Waals surface area contributed by atoms with Crippen molar-refractivity contribution >= 4 is 17.2 Å². The van der Waals surface area contributed by atoms with Gasteiger partial charge in [-0.05, 0) is 46.2 Å². The molecule has 0 aromatic carbocycles. The first kappa shape index (κ1) is 14.4. The molecule has 1 aromatic rings. The summed E-state index contributed by atoms with van der Waals surface area (Å²) in [7, 11) is 0. The van der Waals surface area contributed by atoms with Gasteiger partial charge in [-0.1, -0.05) is 18.3 Å². The molecule has 1 amide bonds. The first-order valence-corrected chi connectivity index (χ1v) is 7.70. The van der Waals surface area contributed by atoms with Crippen LogP contribution in [0.3, 0.4) is 0 Å². The second-order valence-electron chi connectivity index (χ2n) is 5.38. The highest BCUT2D eigenvalue weighted by Crippen LogP contribution is 2.21. The van der Waals surface area contributed by atoms with E-state index in [2.05, 4.69) is 27.3 Å². The van der Waals surface area contributed by atoms with Crippen molar-refractivity contribution in [3.63, 3.8) is 0 Å². The van der Waals surface area contributed by atoms with E-state index in [1.165, 1.54) is 12.8 Å². The molecule has 0 unspecified atom stereocenters. The number of aryl methyl sites for hydroxylation is 1. The lowest BCUT2D eigenvalue weighted by Gasteiger charge is -2.33. The van der Waals surface area contributed by atoms with Gasteiger partial charge in [-0.2, -0.15) is 0 Å². The minimum Gasteiger partial charge on any atom is -0.348 e. The fourth-order valence-electron chi connectivity index (χ4n) is 2.29. The normalized spacial score (nSPS) is 16.8. The van der Waals surface area contributed by atoms with E-state index >= 15 is 0 Å². The summed E-state index contributed by atoms with van der Waals surface area (Å²) in [6, 6.07) is 0. The number of amides is 1. The average Bonchev–Trinajstić information content (AvgIpc) is 3.06. The van der Waals surface area contributed by atoms with Crippen LogP contribution in [0.4, 0.5) is 0 Å². The van der Waals surface area contributed by atoms with E-state index in [1.54, 1.807) is 11.3 Å². The second-order valence-corrected chi connectivity index (χ2v) is 6.53. The molecule has 2 rings (SSSR count). The van der Waals surface area contributed by atoms with Crippen molar-refractivity contribution in [1.82, 2.24) is 20.4 Å². The van der Waals surface area contributed by atoms with E-state index in [-0.39, 0.29) is 5.91 Å². The van der Waals surface area contributed by atoms with E-state index in [4.69, 9.17) is 0 Å². The number of aromatic nitrogens is 2. The molecular formula is C13H22N4OS. The molecule has 1 saturated heterocycles. The highest BCUT2D eigenvalue weighted by molar-refractivity contribution is 7.11. The molecule has 1 N–H and O–H groups in total. The fourth-order valence-corrected chi connectivity index (χ4v) is 3.02. The summed E-state index contributed by atoms with van der Waals surface area (Å²) in [5.41, 5.74) is -0.436. The molecule has 0 spiro atoms. The van der Waals surface area contributed by atoms with Crippen LogP contribution in [0.5, 0.6) is 0 Å². The number of likely N-dealkylation sites (tertiary alicyclic amines) is 1. The van der Waals surface area contributed by atoms with E-state index in [1.807, 2.05) is 13.8 Å². The SMILES string of the molecule is CCc1nnc(CNC(=O)C(C)(C)N2CCCC2)s1. The van der Waals surface area contributed by atoms with Gasteiger partial charge in [-0.15, -0.1) is 10.2 Å². The van der Waals surface area contributed by atoms with Gasteiger partial charge in [0.1, 0.15) is 10.0 Å². The van der Waals surface area contributed by atoms with Crippen molar-refractivity contribution in [2.45, 2.75) is 52.1 Å². The lowest BCUT2D eigenvalue weighted by molar-refractivity contribution is -0.131. The zero-order chi connectivity index (χ0) is 13.9. The molecule has 1 aliphatic heterocycles. The van der Waals surface area contributed by atoms with Crippen molar-refractivity contribution in [3.05, 3.63) is 10.0 Å². The average molecular weight is 282 g/mol. The molecule has 19 heavy (non-hydrogen) atoms. The van der Waals surface area contributed by atoms with Gasteiger partial charge >= 0.3 is 0 Å². The van der Waals surface area contributed by atoms with E-state index in [0.29, 0.717) is 6.54 Å². The minimum atomic E-state index is -0.436. The number of hydrogen-bond donors (Lipinski definition) is 1. The summed E-state index contributed by atoms with van der Waals surface area (Å²) < 4.78 is 0. The molecule has 1 aliphatic rings. The summed E-state index contributed by atoms with van der Waals surface area (Å²) in [6.45, 7) is 8.54. The highest BCUT2D eigenvalue weighted by Gasteiger charge is 2.35. The summed E-state index contributed by atoms with van der Waals surface area (Å²) in [4.78, 5) is 14.6. The van der Waals surface area contributed by atoms with Crippen molar-refractivity contribution in [2.24, 2.45) is 0 Å². The Morgan fingerprint density at radius 1 is 1.32 bits per heavy atom. The number of rotatable bonds is 5. The molecule has 0 bridgehead atoms. The van der Waals surface area contributed by atoms with Crippen LogP contribution in [0.25, 0.3) is 0 Å². The van der Waals surface area contributed by atoms with E-state index in [0.717, 1.165) is 29.5 Å². The van der Waals surface area contributed by atoms with E-state index < -0.39 is 5.54 Å². The van der Waals surface area contributed by atoms with Crippen molar-refractivity contribution < 1.29 is 4.79 Å². The topological polar surface area (TPSA) is 58.1 Å². The van der Waals surface area contributed by atoms with Gasteiger partial charge in [0, 0.05) is 0 Å². The van der Waals surface area contributed by atoms with Crippen LogP contribution in [0.2, 0.25) is 0 Å². The monoisotopic (exact) mass is 282 g/mol. The van der Waals surface area contributed by atoms with Gasteiger partial charge in [0.05, 0.1) is 12.1 Å². The fraction of sp³-hybridized carbons (Fsp3) is 0.769. The molecule has 2 heterocycles. The largest absolute Gasteiger partial charge is 0.348 e. The number of hydrogen-bond acceptors (Lipinski definition) is 5. The highest BCUT2D eigenvalue weighted by atomic mass is 32.1. The van der Waals surface area contributed by atoms with Gasteiger partial charge in [-0.25, -0.2) is 0 Å². The molecule has 5 nitrogen and oxygen atoms in total. The Kier molecular flexibility index (Phi) is 4.52. The summed E-state index contributed by atoms with van der Waals surface area (Å²) in [5.74, 6) is 0.0719. The zero-order valence-electron chi connectivity index (χ0n) is 11.9. The predicted molar refractivity (Wildman–Crippen MR) is 76.0 cm³/mol. The molecule has 6 heteroatoms. The Balaban J connectivity index is 1.89. The molecule has 0 aliphatic carbocycles. The molecule has 0 radical (unpaired) electrons. The van der Waals surface area contributed by atoms with Gasteiger partial charge in [0.2, 0.25) is 5.91 Å². The van der Waals surface area contributed by atoms with Gasteiger partial charge in [-0.3, -0.25) is 9.69 Å². The quantitative estimate of drug-likeness (QED) is 0.891. The first-order chi connectivity index (χ1) is 9.04. The predicted octanol–water partition coefficient (Wildman–Crippen LogP) is 1.59. The molecular weight excluding hydrogens is 260 g/mol. The van der Waals surface area contributed by atoms with Crippen molar-refractivity contribution in [3.8, 4) is 0 Å². The maximum atomic E-state index is 12.3. The lowest BCUT2D eigenvalue weighted by Crippen LogP contribution is -2.53. The third-order valence-corrected chi connectivity index (χ3v) is 4.73. The summed E-state index contributed by atoms with van der Waals surface area (Å²) in [6.07, 6.45) is 3.27. The Hall–Kier alpha value is -1.01. The molecule has 0 saturated carbocycles. The third kappa shape index (κ3) is 3.30. The van der Waals surface area contributed by atoms with Crippen LogP contribution >= 0.6 is 11.3 Å².